The van der Waals surface area contributed by atoms with Gasteiger partial charge in [0.1, 0.15) is 5.75 Å². The number of aryl methyl sites for hydroxylation is 1. The molecule has 6 nitrogen and oxygen atoms in total. The van der Waals surface area contributed by atoms with Crippen LogP contribution in [0.4, 0.5) is 0 Å². The van der Waals surface area contributed by atoms with Gasteiger partial charge in [-0.05, 0) is 74.2 Å². The van der Waals surface area contributed by atoms with Gasteiger partial charge in [-0.25, -0.2) is 0 Å². The number of pyridine rings is 1. The number of likely N-dealkylation sites (N-methyl/N-ethyl adjacent to an activating group) is 1. The van der Waals surface area contributed by atoms with Crippen molar-refractivity contribution in [2.24, 2.45) is 0 Å². The van der Waals surface area contributed by atoms with Crippen molar-refractivity contribution < 1.29 is 9.53 Å². The summed E-state index contributed by atoms with van der Waals surface area (Å²) in [4.78, 5) is 24.2. The fraction of sp³-hybridized carbons (Fsp3) is 0.385. The van der Waals surface area contributed by atoms with E-state index in [1.807, 2.05) is 30.5 Å². The predicted molar refractivity (Wildman–Crippen MR) is 122 cm³/mol. The Morgan fingerprint density at radius 2 is 1.91 bits per heavy atom. The molecule has 2 aliphatic heterocycles. The van der Waals surface area contributed by atoms with Crippen molar-refractivity contribution in [2.45, 2.75) is 36.6 Å². The smallest absolute Gasteiger partial charge is 0.253 e. The van der Waals surface area contributed by atoms with Gasteiger partial charge in [-0.15, -0.1) is 0 Å². The summed E-state index contributed by atoms with van der Waals surface area (Å²) in [7, 11) is 3.84. The summed E-state index contributed by atoms with van der Waals surface area (Å²) in [6.45, 7) is 2.00. The van der Waals surface area contributed by atoms with Crippen LogP contribution in [-0.4, -0.2) is 53.6 Å². The molecule has 32 heavy (non-hydrogen) atoms. The summed E-state index contributed by atoms with van der Waals surface area (Å²) in [5, 5.41) is 3.43. The SMILES string of the molecule is COc1ccc(-c2cc3c(cn2)CCc2c-3[nH]c3c2C(=O)NC2(CC2)C32CN(C)C2)cc1. The van der Waals surface area contributed by atoms with E-state index in [4.69, 9.17) is 9.72 Å². The third kappa shape index (κ3) is 2.23. The number of hydrogen-bond donors (Lipinski definition) is 2. The number of methoxy groups -OCH3 is 1. The van der Waals surface area contributed by atoms with Crippen LogP contribution >= 0.6 is 0 Å². The van der Waals surface area contributed by atoms with E-state index in [-0.39, 0.29) is 16.9 Å². The maximum atomic E-state index is 13.3. The van der Waals surface area contributed by atoms with Gasteiger partial charge in [0.05, 0.1) is 35.0 Å². The number of carbonyl (C=O) groups is 1. The van der Waals surface area contributed by atoms with Crippen LogP contribution in [0.15, 0.2) is 36.5 Å². The Hall–Kier alpha value is -3.12. The first-order valence-electron chi connectivity index (χ1n) is 11.4. The standard InChI is InChI=1S/C26H26N4O2/c1-30-13-25(14-30)23-21(24(31)29-26(25)9-10-26)18-8-5-16-12-27-20(11-19(16)22(18)28-23)15-3-6-17(32-2)7-4-15/h3-4,6-7,11-12,28H,5,8-10,13-14H2,1-2H3,(H,29,31). The molecule has 3 aromatic rings. The molecule has 162 valence electrons. The van der Waals surface area contributed by atoms with Gasteiger partial charge in [-0.1, -0.05) is 0 Å². The fourth-order valence-electron chi connectivity index (χ4n) is 6.43. The van der Waals surface area contributed by atoms with Gasteiger partial charge in [0.2, 0.25) is 0 Å². The van der Waals surface area contributed by atoms with E-state index in [2.05, 4.69) is 28.3 Å². The lowest BCUT2D eigenvalue weighted by atomic mass is 9.65. The minimum atomic E-state index is -0.0492. The molecule has 0 bridgehead atoms. The van der Waals surface area contributed by atoms with Crippen LogP contribution in [0.2, 0.25) is 0 Å². The topological polar surface area (TPSA) is 70.2 Å². The number of ether oxygens (including phenoxy) is 1. The Balaban J connectivity index is 1.38. The van der Waals surface area contributed by atoms with Crippen molar-refractivity contribution >= 4 is 5.91 Å². The average molecular weight is 427 g/mol. The molecule has 0 radical (unpaired) electrons. The number of nitrogens with one attached hydrogen (secondary N) is 2. The number of fused-ring (bicyclic) bond motifs is 7. The largest absolute Gasteiger partial charge is 0.497 e. The molecule has 6 heteroatoms. The third-order valence-electron chi connectivity index (χ3n) is 8.19. The molecule has 2 N–H and O–H groups in total. The van der Waals surface area contributed by atoms with Gasteiger partial charge in [-0.2, -0.15) is 0 Å². The van der Waals surface area contributed by atoms with Crippen LogP contribution in [0.5, 0.6) is 5.75 Å². The average Bonchev–Trinajstić information content (AvgIpc) is 3.44. The summed E-state index contributed by atoms with van der Waals surface area (Å²) < 4.78 is 5.30. The monoisotopic (exact) mass is 426 g/mol. The Morgan fingerprint density at radius 1 is 1.12 bits per heavy atom. The Kier molecular flexibility index (Phi) is 3.47. The molecule has 4 heterocycles. The summed E-state index contributed by atoms with van der Waals surface area (Å²) in [6, 6.07) is 10.2. The van der Waals surface area contributed by atoms with Crippen molar-refractivity contribution in [1.82, 2.24) is 20.2 Å². The number of amides is 1. The zero-order valence-electron chi connectivity index (χ0n) is 18.4. The van der Waals surface area contributed by atoms with Crippen molar-refractivity contribution in [3.63, 3.8) is 0 Å². The number of benzene rings is 1. The first-order chi connectivity index (χ1) is 15.5. The molecule has 1 saturated carbocycles. The molecule has 0 atom stereocenters. The molecule has 2 aromatic heterocycles. The molecule has 4 aliphatic rings. The maximum Gasteiger partial charge on any atom is 0.253 e. The van der Waals surface area contributed by atoms with Gasteiger partial charge in [0.15, 0.2) is 0 Å². The minimum absolute atomic E-state index is 0.0222. The van der Waals surface area contributed by atoms with Gasteiger partial charge >= 0.3 is 0 Å². The molecule has 0 unspecified atom stereocenters. The number of aromatic nitrogens is 2. The fourth-order valence-corrected chi connectivity index (χ4v) is 6.43. The number of aromatic amines is 1. The van der Waals surface area contributed by atoms with Crippen LogP contribution in [0.1, 0.15) is 40.0 Å². The first kappa shape index (κ1) is 18.5. The molecule has 1 saturated heterocycles. The molecule has 2 spiro atoms. The molecular formula is C26H26N4O2. The molecule has 1 amide bonds. The van der Waals surface area contributed by atoms with Gasteiger partial charge in [-0.3, -0.25) is 9.78 Å². The number of hydrogen-bond acceptors (Lipinski definition) is 4. The first-order valence-corrected chi connectivity index (χ1v) is 11.4. The molecule has 1 aromatic carbocycles. The Labute approximate surface area is 187 Å². The van der Waals surface area contributed by atoms with Gasteiger partial charge < -0.3 is 19.9 Å². The minimum Gasteiger partial charge on any atom is -0.497 e. The van der Waals surface area contributed by atoms with E-state index < -0.39 is 0 Å². The van der Waals surface area contributed by atoms with E-state index >= 15 is 0 Å². The van der Waals surface area contributed by atoms with E-state index in [9.17, 15) is 4.79 Å². The normalized spacial score (nSPS) is 21.4. The highest BCUT2D eigenvalue weighted by Gasteiger charge is 2.68. The number of nitrogens with zero attached hydrogens (tertiary/aromatic N) is 2. The van der Waals surface area contributed by atoms with Crippen LogP contribution < -0.4 is 10.1 Å². The quantitative estimate of drug-likeness (QED) is 0.660. The van der Waals surface area contributed by atoms with Crippen molar-refractivity contribution in [2.75, 3.05) is 27.2 Å². The number of carbonyl (C=O) groups excluding carboxylic acids is 1. The lowest BCUT2D eigenvalue weighted by molar-refractivity contribution is 0.0340. The molecule has 7 rings (SSSR count). The van der Waals surface area contributed by atoms with E-state index in [1.165, 1.54) is 22.4 Å². The zero-order chi connectivity index (χ0) is 21.7. The van der Waals surface area contributed by atoms with Gasteiger partial charge in [0, 0.05) is 36.1 Å². The second-order valence-electron chi connectivity index (χ2n) is 9.97. The highest BCUT2D eigenvalue weighted by atomic mass is 16.5. The summed E-state index contributed by atoms with van der Waals surface area (Å²) in [5.41, 5.74) is 8.79. The van der Waals surface area contributed by atoms with Gasteiger partial charge in [0.25, 0.3) is 5.91 Å². The predicted octanol–water partition coefficient (Wildman–Crippen LogP) is 3.31. The molecular weight excluding hydrogens is 400 g/mol. The van der Waals surface area contributed by atoms with E-state index in [0.717, 1.165) is 67.0 Å². The van der Waals surface area contributed by atoms with Crippen molar-refractivity contribution in [1.29, 1.82) is 0 Å². The van der Waals surface area contributed by atoms with Crippen LogP contribution in [0, 0.1) is 0 Å². The number of rotatable bonds is 2. The van der Waals surface area contributed by atoms with E-state index in [1.54, 1.807) is 7.11 Å². The van der Waals surface area contributed by atoms with Crippen LogP contribution in [-0.2, 0) is 18.3 Å². The lowest BCUT2D eigenvalue weighted by Gasteiger charge is -2.55. The number of likely N-dealkylation sites (tertiary alicyclic amines) is 1. The summed E-state index contributed by atoms with van der Waals surface area (Å²) in [5.74, 6) is 0.949. The number of H-pyrrole nitrogens is 1. The highest BCUT2D eigenvalue weighted by molar-refractivity contribution is 6.02. The van der Waals surface area contributed by atoms with Crippen LogP contribution in [0.3, 0.4) is 0 Å². The van der Waals surface area contributed by atoms with E-state index in [0.29, 0.717) is 0 Å². The summed E-state index contributed by atoms with van der Waals surface area (Å²) >= 11 is 0. The van der Waals surface area contributed by atoms with Crippen molar-refractivity contribution in [3.8, 4) is 28.3 Å². The second kappa shape index (κ2) is 6.01. The van der Waals surface area contributed by atoms with Crippen molar-refractivity contribution in [3.05, 3.63) is 58.9 Å². The lowest BCUT2D eigenvalue weighted by Crippen LogP contribution is -2.71. The Morgan fingerprint density at radius 3 is 2.59 bits per heavy atom. The van der Waals surface area contributed by atoms with Crippen LogP contribution in [0.25, 0.3) is 22.5 Å². The molecule has 2 aliphatic carbocycles. The molecule has 2 fully saturated rings. The Bertz CT molecular complexity index is 1280. The second-order valence-corrected chi connectivity index (χ2v) is 9.97. The summed E-state index contributed by atoms with van der Waals surface area (Å²) in [6.07, 6.45) is 5.96. The zero-order valence-corrected chi connectivity index (χ0v) is 18.4. The highest BCUT2D eigenvalue weighted by Crippen LogP contribution is 2.59. The maximum absolute atomic E-state index is 13.3. The third-order valence-corrected chi connectivity index (χ3v) is 8.19.